The van der Waals surface area contributed by atoms with Gasteiger partial charge in [0.15, 0.2) is 0 Å². The lowest BCUT2D eigenvalue weighted by molar-refractivity contribution is -0.0597. The number of hydrogen-bond donors (Lipinski definition) is 1. The van der Waals surface area contributed by atoms with Gasteiger partial charge in [0.1, 0.15) is 6.10 Å². The molecule has 2 atom stereocenters. The monoisotopic (exact) mass is 411 g/mol. The van der Waals surface area contributed by atoms with Crippen LogP contribution in [0.25, 0.3) is 22.2 Å². The van der Waals surface area contributed by atoms with Gasteiger partial charge in [0.05, 0.1) is 24.1 Å². The molecular weight excluding hydrogens is 386 g/mol. The van der Waals surface area contributed by atoms with E-state index in [0.717, 1.165) is 36.3 Å². The van der Waals surface area contributed by atoms with Crippen LogP contribution in [-0.4, -0.2) is 50.1 Å². The number of ether oxygens (including phenoxy) is 1. The van der Waals surface area contributed by atoms with Crippen molar-refractivity contribution in [1.29, 1.82) is 0 Å². The highest BCUT2D eigenvalue weighted by Gasteiger charge is 2.43. The summed E-state index contributed by atoms with van der Waals surface area (Å²) in [5.41, 5.74) is 4.30. The number of hydrogen-bond acceptors (Lipinski definition) is 5. The number of pyridine rings is 1. The van der Waals surface area contributed by atoms with Gasteiger partial charge in [-0.1, -0.05) is 12.1 Å². The highest BCUT2D eigenvalue weighted by atomic mass is 16.5. The molecule has 3 saturated heterocycles. The van der Waals surface area contributed by atoms with Crippen molar-refractivity contribution in [2.75, 3.05) is 13.1 Å². The number of nitrogens with zero attached hydrogens (tertiary/aromatic N) is 4. The normalized spacial score (nSPS) is 25.0. The molecule has 3 aliphatic heterocycles. The molecular formula is C25H25N5O. The summed E-state index contributed by atoms with van der Waals surface area (Å²) in [5.74, 6) is 1.19. The van der Waals surface area contributed by atoms with E-state index in [1.807, 2.05) is 30.9 Å². The Bertz CT molecular complexity index is 1170. The van der Waals surface area contributed by atoms with E-state index < -0.39 is 0 Å². The molecule has 7 rings (SSSR count). The van der Waals surface area contributed by atoms with E-state index in [1.165, 1.54) is 23.8 Å². The molecule has 2 unspecified atom stereocenters. The molecule has 2 bridgehead atoms. The van der Waals surface area contributed by atoms with Crippen LogP contribution in [0.2, 0.25) is 0 Å². The van der Waals surface area contributed by atoms with Crippen LogP contribution in [0.5, 0.6) is 5.88 Å². The fourth-order valence-corrected chi connectivity index (χ4v) is 5.16. The van der Waals surface area contributed by atoms with Gasteiger partial charge in [-0.05, 0) is 68.1 Å². The first-order valence-electron chi connectivity index (χ1n) is 11.0. The number of aromatic amines is 1. The van der Waals surface area contributed by atoms with E-state index in [9.17, 15) is 0 Å². The highest BCUT2D eigenvalue weighted by molar-refractivity contribution is 5.84. The molecule has 156 valence electrons. The molecule has 1 N–H and O–H groups in total. The maximum atomic E-state index is 6.48. The maximum Gasteiger partial charge on any atom is 0.232 e. The maximum absolute atomic E-state index is 6.48. The number of H-pyrrole nitrogens is 1. The standard InChI is InChI=1S/C25H25N5O/c1-2-17(14-26-8-1)12-23-25(18-6-10-30(23)11-7-18)31-24-16-28-22(15-29-24)19-3-4-21-20(13-19)5-9-27-21/h1-5,8-9,13-16,18,23,25,27H,6-7,10-12H2. The van der Waals surface area contributed by atoms with Gasteiger partial charge in [-0.2, -0.15) is 0 Å². The minimum absolute atomic E-state index is 0.138. The van der Waals surface area contributed by atoms with E-state index >= 15 is 0 Å². The minimum Gasteiger partial charge on any atom is -0.471 e. The van der Waals surface area contributed by atoms with Gasteiger partial charge in [0, 0.05) is 35.1 Å². The Hall–Kier alpha value is -3.25. The second-order valence-electron chi connectivity index (χ2n) is 8.61. The molecule has 31 heavy (non-hydrogen) atoms. The van der Waals surface area contributed by atoms with Crippen LogP contribution in [0.4, 0.5) is 0 Å². The summed E-state index contributed by atoms with van der Waals surface area (Å²) in [6, 6.07) is 12.9. The highest BCUT2D eigenvalue weighted by Crippen LogP contribution is 2.36. The molecule has 6 heteroatoms. The van der Waals surface area contributed by atoms with Gasteiger partial charge in [0.2, 0.25) is 5.88 Å². The average Bonchev–Trinajstić information content (AvgIpc) is 3.30. The number of aromatic nitrogens is 4. The van der Waals surface area contributed by atoms with Crippen molar-refractivity contribution in [3.05, 3.63) is 72.9 Å². The topological polar surface area (TPSA) is 66.9 Å². The van der Waals surface area contributed by atoms with Crippen LogP contribution in [0, 0.1) is 5.92 Å². The van der Waals surface area contributed by atoms with Crippen molar-refractivity contribution in [3.63, 3.8) is 0 Å². The van der Waals surface area contributed by atoms with Gasteiger partial charge in [-0.25, -0.2) is 9.97 Å². The van der Waals surface area contributed by atoms with E-state index in [0.29, 0.717) is 17.8 Å². The SMILES string of the molecule is c1cncc(CC2C(Oc3cnc(-c4ccc5[nH]ccc5c4)cn3)C3CCN2CC3)c1. The van der Waals surface area contributed by atoms with Crippen molar-refractivity contribution in [3.8, 4) is 17.1 Å². The quantitative estimate of drug-likeness (QED) is 0.535. The lowest BCUT2D eigenvalue weighted by Crippen LogP contribution is -2.60. The molecule has 1 aromatic carbocycles. The lowest BCUT2D eigenvalue weighted by Gasteiger charge is -2.50. The summed E-state index contributed by atoms with van der Waals surface area (Å²) < 4.78 is 6.48. The van der Waals surface area contributed by atoms with Crippen LogP contribution in [0.3, 0.4) is 0 Å². The Morgan fingerprint density at radius 3 is 2.77 bits per heavy atom. The Morgan fingerprint density at radius 2 is 1.97 bits per heavy atom. The van der Waals surface area contributed by atoms with Crippen LogP contribution in [-0.2, 0) is 6.42 Å². The van der Waals surface area contributed by atoms with E-state index in [1.54, 1.807) is 6.20 Å². The molecule has 0 amide bonds. The molecule has 3 fully saturated rings. The van der Waals surface area contributed by atoms with Gasteiger partial charge in [0.25, 0.3) is 0 Å². The van der Waals surface area contributed by atoms with E-state index in [4.69, 9.17) is 4.74 Å². The fraction of sp³-hybridized carbons (Fsp3) is 0.320. The summed E-state index contributed by atoms with van der Waals surface area (Å²) in [7, 11) is 0. The largest absolute Gasteiger partial charge is 0.471 e. The van der Waals surface area contributed by atoms with Crippen molar-refractivity contribution in [1.82, 2.24) is 24.8 Å². The van der Waals surface area contributed by atoms with Crippen molar-refractivity contribution >= 4 is 10.9 Å². The molecule has 0 aliphatic carbocycles. The first-order chi connectivity index (χ1) is 15.3. The zero-order valence-corrected chi connectivity index (χ0v) is 17.3. The summed E-state index contributed by atoms with van der Waals surface area (Å²) in [6.45, 7) is 2.31. The molecule has 3 aromatic heterocycles. The molecule has 4 aromatic rings. The third kappa shape index (κ3) is 3.57. The Morgan fingerprint density at radius 1 is 1.03 bits per heavy atom. The summed E-state index contributed by atoms with van der Waals surface area (Å²) >= 11 is 0. The third-order valence-electron chi connectivity index (χ3n) is 6.79. The fourth-order valence-electron chi connectivity index (χ4n) is 5.16. The Balaban J connectivity index is 1.22. The predicted molar refractivity (Wildman–Crippen MR) is 120 cm³/mol. The molecule has 3 aliphatic rings. The van der Waals surface area contributed by atoms with Gasteiger partial charge in [-0.15, -0.1) is 0 Å². The van der Waals surface area contributed by atoms with Gasteiger partial charge < -0.3 is 9.72 Å². The zero-order chi connectivity index (χ0) is 20.6. The van der Waals surface area contributed by atoms with Crippen molar-refractivity contribution < 1.29 is 4.74 Å². The second-order valence-corrected chi connectivity index (χ2v) is 8.61. The molecule has 6 nitrogen and oxygen atoms in total. The Kier molecular flexibility index (Phi) is 4.65. The number of rotatable bonds is 5. The number of nitrogens with one attached hydrogen (secondary N) is 1. The Labute approximate surface area is 181 Å². The van der Waals surface area contributed by atoms with E-state index in [2.05, 4.69) is 55.2 Å². The third-order valence-corrected chi connectivity index (χ3v) is 6.79. The zero-order valence-electron chi connectivity index (χ0n) is 17.3. The van der Waals surface area contributed by atoms with Crippen LogP contribution in [0.15, 0.2) is 67.4 Å². The number of benzene rings is 1. The smallest absolute Gasteiger partial charge is 0.232 e. The summed E-state index contributed by atoms with van der Waals surface area (Å²) in [6.07, 6.45) is 12.8. The lowest BCUT2D eigenvalue weighted by atomic mass is 9.78. The number of piperidine rings is 3. The van der Waals surface area contributed by atoms with Crippen LogP contribution in [0.1, 0.15) is 18.4 Å². The average molecular weight is 412 g/mol. The molecule has 0 saturated carbocycles. The first-order valence-corrected chi connectivity index (χ1v) is 11.0. The molecule has 6 heterocycles. The second kappa shape index (κ2) is 7.78. The van der Waals surface area contributed by atoms with Crippen LogP contribution < -0.4 is 4.74 Å². The molecule has 0 spiro atoms. The summed E-state index contributed by atoms with van der Waals surface area (Å²) in [5, 5.41) is 1.17. The van der Waals surface area contributed by atoms with Gasteiger partial charge in [-0.3, -0.25) is 9.88 Å². The predicted octanol–water partition coefficient (Wildman–Crippen LogP) is 4.10. The van der Waals surface area contributed by atoms with Crippen molar-refractivity contribution in [2.24, 2.45) is 5.92 Å². The molecule has 0 radical (unpaired) electrons. The summed E-state index contributed by atoms with van der Waals surface area (Å²) in [4.78, 5) is 19.4. The van der Waals surface area contributed by atoms with Crippen LogP contribution >= 0.6 is 0 Å². The number of fused-ring (bicyclic) bond motifs is 4. The van der Waals surface area contributed by atoms with Gasteiger partial charge >= 0.3 is 0 Å². The van der Waals surface area contributed by atoms with E-state index in [-0.39, 0.29) is 6.10 Å². The first kappa shape index (κ1) is 18.5. The van der Waals surface area contributed by atoms with Crippen molar-refractivity contribution in [2.45, 2.75) is 31.4 Å². The minimum atomic E-state index is 0.138.